The Balaban J connectivity index is 2.03. The second-order valence-corrected chi connectivity index (χ2v) is 5.73. The number of nitro groups is 1. The number of Topliss-reactive ketones (excluding diaryl/α,β-unsaturated/α-hetero) is 1. The number of carbonyl (C=O) groups is 1. The van der Waals surface area contributed by atoms with E-state index < -0.39 is 11.0 Å². The molecule has 6 nitrogen and oxygen atoms in total. The number of nitro benzene ring substituents is 1. The smallest absolute Gasteiger partial charge is 0.314 e. The molecule has 136 valence electrons. The maximum Gasteiger partial charge on any atom is 0.314 e. The van der Waals surface area contributed by atoms with Crippen molar-refractivity contribution in [1.82, 2.24) is 0 Å². The van der Waals surface area contributed by atoms with Crippen LogP contribution in [0.1, 0.15) is 22.0 Å². The summed E-state index contributed by atoms with van der Waals surface area (Å²) in [5, 5.41) is 11.4. The first-order valence-electron chi connectivity index (χ1n) is 8.23. The summed E-state index contributed by atoms with van der Waals surface area (Å²) in [4.78, 5) is 23.9. The van der Waals surface area contributed by atoms with Crippen molar-refractivity contribution in [1.29, 1.82) is 0 Å². The second kappa shape index (κ2) is 8.14. The molecule has 0 N–H and O–H groups in total. The van der Waals surface area contributed by atoms with Crippen LogP contribution in [0.5, 0.6) is 11.5 Å². The third-order valence-corrected chi connectivity index (χ3v) is 4.01. The largest absolute Gasteiger partial charge is 0.496 e. The molecule has 0 aromatic heterocycles. The van der Waals surface area contributed by atoms with Crippen molar-refractivity contribution in [3.05, 3.63) is 100 Å². The molecule has 0 bridgehead atoms. The lowest BCUT2D eigenvalue weighted by atomic mass is 10.00. The van der Waals surface area contributed by atoms with Crippen molar-refractivity contribution < 1.29 is 19.2 Å². The molecule has 0 spiro atoms. The first-order chi connectivity index (χ1) is 13.1. The maximum atomic E-state index is 13.0. The number of carbonyl (C=O) groups excluding carboxylic acids is 1. The van der Waals surface area contributed by atoms with Gasteiger partial charge in [0.2, 0.25) is 5.78 Å². The topological polar surface area (TPSA) is 78.7 Å². The minimum Gasteiger partial charge on any atom is -0.496 e. The number of methoxy groups -OCH3 is 1. The molecule has 0 aliphatic rings. The van der Waals surface area contributed by atoms with Gasteiger partial charge in [-0.3, -0.25) is 14.9 Å². The standard InChI is InChI=1S/C21H17NO5/c1-26-17-12-13-19(18(14-17)22(24)25)27-21(16-10-6-3-7-11-16)20(23)15-8-4-2-5-9-15/h2-14,21H,1H3/t21-/m1/s1. The number of hydrogen-bond acceptors (Lipinski definition) is 5. The van der Waals surface area contributed by atoms with Gasteiger partial charge >= 0.3 is 5.69 Å². The first-order valence-corrected chi connectivity index (χ1v) is 8.23. The van der Waals surface area contributed by atoms with Gasteiger partial charge in [0.25, 0.3) is 0 Å². The molecule has 3 aromatic carbocycles. The Kier molecular flexibility index (Phi) is 5.47. The minimum absolute atomic E-state index is 0.000987. The molecule has 3 rings (SSSR count). The molecule has 0 aliphatic heterocycles. The summed E-state index contributed by atoms with van der Waals surface area (Å²) in [5.74, 6) is 0.0468. The highest BCUT2D eigenvalue weighted by atomic mass is 16.6. The Morgan fingerprint density at radius 3 is 2.19 bits per heavy atom. The van der Waals surface area contributed by atoms with E-state index in [0.29, 0.717) is 16.9 Å². The van der Waals surface area contributed by atoms with Crippen LogP contribution in [0.3, 0.4) is 0 Å². The molecule has 0 unspecified atom stereocenters. The van der Waals surface area contributed by atoms with Gasteiger partial charge in [0.05, 0.1) is 18.1 Å². The van der Waals surface area contributed by atoms with E-state index in [1.807, 2.05) is 12.1 Å². The average molecular weight is 363 g/mol. The predicted octanol–water partition coefficient (Wildman–Crippen LogP) is 4.61. The molecule has 0 aliphatic carbocycles. The number of nitrogens with zero attached hydrogens (tertiary/aromatic N) is 1. The molecule has 0 heterocycles. The van der Waals surface area contributed by atoms with Crippen molar-refractivity contribution in [2.24, 2.45) is 0 Å². The molecule has 6 heteroatoms. The molecule has 0 fully saturated rings. The maximum absolute atomic E-state index is 13.0. The van der Waals surface area contributed by atoms with Crippen molar-refractivity contribution in [2.45, 2.75) is 6.10 Å². The Bertz CT molecular complexity index is 941. The summed E-state index contributed by atoms with van der Waals surface area (Å²) >= 11 is 0. The molecule has 3 aromatic rings. The van der Waals surface area contributed by atoms with E-state index >= 15 is 0 Å². The lowest BCUT2D eigenvalue weighted by Crippen LogP contribution is -2.19. The monoisotopic (exact) mass is 363 g/mol. The summed E-state index contributed by atoms with van der Waals surface area (Å²) < 4.78 is 10.9. The van der Waals surface area contributed by atoms with E-state index in [1.165, 1.54) is 19.2 Å². The molecule has 0 radical (unpaired) electrons. The number of ether oxygens (including phenoxy) is 2. The highest BCUT2D eigenvalue weighted by Crippen LogP contribution is 2.35. The van der Waals surface area contributed by atoms with E-state index in [1.54, 1.807) is 54.6 Å². The Morgan fingerprint density at radius 2 is 1.59 bits per heavy atom. The molecule has 0 amide bonds. The zero-order valence-corrected chi connectivity index (χ0v) is 14.6. The summed E-state index contributed by atoms with van der Waals surface area (Å²) in [6.45, 7) is 0. The van der Waals surface area contributed by atoms with Crippen LogP contribution in [-0.2, 0) is 0 Å². The van der Waals surface area contributed by atoms with Gasteiger partial charge in [0.15, 0.2) is 11.9 Å². The zero-order valence-electron chi connectivity index (χ0n) is 14.6. The lowest BCUT2D eigenvalue weighted by Gasteiger charge is -2.19. The van der Waals surface area contributed by atoms with Gasteiger partial charge in [0, 0.05) is 11.1 Å². The normalized spacial score (nSPS) is 11.4. The van der Waals surface area contributed by atoms with Crippen LogP contribution in [0.15, 0.2) is 78.9 Å². The second-order valence-electron chi connectivity index (χ2n) is 5.73. The molecular weight excluding hydrogens is 346 g/mol. The number of rotatable bonds is 7. The molecular formula is C21H17NO5. The van der Waals surface area contributed by atoms with Crippen LogP contribution in [-0.4, -0.2) is 17.8 Å². The van der Waals surface area contributed by atoms with Crippen molar-refractivity contribution in [3.63, 3.8) is 0 Å². The Morgan fingerprint density at radius 1 is 0.963 bits per heavy atom. The lowest BCUT2D eigenvalue weighted by molar-refractivity contribution is -0.386. The molecule has 27 heavy (non-hydrogen) atoms. The van der Waals surface area contributed by atoms with Gasteiger partial charge in [-0.05, 0) is 12.1 Å². The van der Waals surface area contributed by atoms with Crippen molar-refractivity contribution in [3.8, 4) is 11.5 Å². The highest BCUT2D eigenvalue weighted by molar-refractivity contribution is 6.00. The SMILES string of the molecule is COc1ccc(O[C@@H](C(=O)c2ccccc2)c2ccccc2)c([N+](=O)[O-])c1. The van der Waals surface area contributed by atoms with Crippen LogP contribution < -0.4 is 9.47 Å². The predicted molar refractivity (Wildman–Crippen MR) is 100 cm³/mol. The summed E-state index contributed by atoms with van der Waals surface area (Å²) in [5.41, 5.74) is 0.801. The molecule has 1 atom stereocenters. The van der Waals surface area contributed by atoms with Crippen LogP contribution in [0, 0.1) is 10.1 Å². The summed E-state index contributed by atoms with van der Waals surface area (Å²) in [6, 6.07) is 21.8. The number of ketones is 1. The first kappa shape index (κ1) is 18.1. The van der Waals surface area contributed by atoms with Crippen molar-refractivity contribution in [2.75, 3.05) is 7.11 Å². The fourth-order valence-corrected chi connectivity index (χ4v) is 2.65. The Hall–Kier alpha value is -3.67. The van der Waals surface area contributed by atoms with Gasteiger partial charge in [-0.1, -0.05) is 60.7 Å². The van der Waals surface area contributed by atoms with Gasteiger partial charge in [-0.15, -0.1) is 0 Å². The van der Waals surface area contributed by atoms with E-state index in [2.05, 4.69) is 0 Å². The number of benzene rings is 3. The van der Waals surface area contributed by atoms with E-state index in [0.717, 1.165) is 0 Å². The fraction of sp³-hybridized carbons (Fsp3) is 0.0952. The van der Waals surface area contributed by atoms with Crippen LogP contribution in [0.4, 0.5) is 5.69 Å². The van der Waals surface area contributed by atoms with Gasteiger partial charge in [-0.25, -0.2) is 0 Å². The summed E-state index contributed by atoms with van der Waals surface area (Å²) in [7, 11) is 1.42. The summed E-state index contributed by atoms with van der Waals surface area (Å²) in [6.07, 6.45) is -1.01. The van der Waals surface area contributed by atoms with Crippen LogP contribution >= 0.6 is 0 Å². The fourth-order valence-electron chi connectivity index (χ4n) is 2.65. The third-order valence-electron chi connectivity index (χ3n) is 4.01. The van der Waals surface area contributed by atoms with Crippen LogP contribution in [0.2, 0.25) is 0 Å². The molecule has 0 saturated carbocycles. The zero-order chi connectivity index (χ0) is 19.2. The molecule has 0 saturated heterocycles. The highest BCUT2D eigenvalue weighted by Gasteiger charge is 2.27. The average Bonchev–Trinajstić information content (AvgIpc) is 2.72. The van der Waals surface area contributed by atoms with Gasteiger partial charge < -0.3 is 9.47 Å². The van der Waals surface area contributed by atoms with Gasteiger partial charge in [0.1, 0.15) is 5.75 Å². The number of hydrogen-bond donors (Lipinski definition) is 0. The third kappa shape index (κ3) is 4.12. The van der Waals surface area contributed by atoms with E-state index in [4.69, 9.17) is 9.47 Å². The minimum atomic E-state index is -1.01. The quantitative estimate of drug-likeness (QED) is 0.348. The van der Waals surface area contributed by atoms with E-state index in [9.17, 15) is 14.9 Å². The van der Waals surface area contributed by atoms with E-state index in [-0.39, 0.29) is 17.2 Å². The van der Waals surface area contributed by atoms with Crippen molar-refractivity contribution >= 4 is 11.5 Å². The Labute approximate surface area is 156 Å². The van der Waals surface area contributed by atoms with Gasteiger partial charge in [-0.2, -0.15) is 0 Å². The van der Waals surface area contributed by atoms with Crippen LogP contribution in [0.25, 0.3) is 0 Å².